The summed E-state index contributed by atoms with van der Waals surface area (Å²) in [5, 5.41) is 2.05. The van der Waals surface area contributed by atoms with Crippen LogP contribution < -0.4 is 0 Å². The number of nitrogens with zero attached hydrogens (tertiary/aromatic N) is 2. The minimum Gasteiger partial charge on any atom is -0.256 e. The number of hydrogen-bond donors (Lipinski definition) is 0. The minimum absolute atomic E-state index is 1.04. The van der Waals surface area contributed by atoms with Gasteiger partial charge in [-0.1, -0.05) is 11.8 Å². The number of thioether (sulfide) groups is 1. The van der Waals surface area contributed by atoms with E-state index in [0.717, 1.165) is 11.2 Å². The van der Waals surface area contributed by atoms with Crippen molar-refractivity contribution in [2.24, 2.45) is 4.99 Å². The Labute approximate surface area is 89.4 Å². The molecule has 4 heteroatoms. The van der Waals surface area contributed by atoms with Gasteiger partial charge in [0.05, 0.1) is 26.3 Å². The monoisotopic (exact) mass is 218 g/mol. The van der Waals surface area contributed by atoms with Gasteiger partial charge in [0.1, 0.15) is 0 Å². The van der Waals surface area contributed by atoms with Gasteiger partial charge in [0.2, 0.25) is 0 Å². The van der Waals surface area contributed by atoms with Crippen molar-refractivity contribution >= 4 is 45.2 Å². The molecule has 0 bridgehead atoms. The first kappa shape index (κ1) is 8.20. The van der Waals surface area contributed by atoms with E-state index in [9.17, 15) is 0 Å². The quantitative estimate of drug-likeness (QED) is 0.674. The van der Waals surface area contributed by atoms with Gasteiger partial charge in [-0.15, -0.1) is 11.3 Å². The van der Waals surface area contributed by atoms with Crippen molar-refractivity contribution in [3.8, 4) is 0 Å². The van der Waals surface area contributed by atoms with E-state index < -0.39 is 0 Å². The third-order valence-electron chi connectivity index (χ3n) is 2.00. The van der Waals surface area contributed by atoms with Crippen molar-refractivity contribution in [2.45, 2.75) is 4.90 Å². The molecular formula is C10H6N2S2. The van der Waals surface area contributed by atoms with Crippen LogP contribution in [0.2, 0.25) is 0 Å². The molecular weight excluding hydrogens is 212 g/mol. The zero-order valence-corrected chi connectivity index (χ0v) is 8.81. The lowest BCUT2D eigenvalue weighted by Gasteiger charge is -2.01. The first-order valence-corrected chi connectivity index (χ1v) is 5.93. The number of thiazole rings is 1. The van der Waals surface area contributed by atoms with Gasteiger partial charge in [0, 0.05) is 6.21 Å². The maximum atomic E-state index is 4.36. The van der Waals surface area contributed by atoms with E-state index in [1.165, 1.54) is 9.60 Å². The first-order valence-electron chi connectivity index (χ1n) is 4.17. The summed E-state index contributed by atoms with van der Waals surface area (Å²) in [6.45, 7) is 0. The van der Waals surface area contributed by atoms with Gasteiger partial charge in [0.25, 0.3) is 0 Å². The predicted octanol–water partition coefficient (Wildman–Crippen LogP) is 3.62. The largest absolute Gasteiger partial charge is 0.256 e. The van der Waals surface area contributed by atoms with Crippen molar-refractivity contribution in [3.63, 3.8) is 0 Å². The summed E-state index contributed by atoms with van der Waals surface area (Å²) in [5.41, 5.74) is 3.98. The molecule has 2 heterocycles. The Morgan fingerprint density at radius 1 is 1.21 bits per heavy atom. The molecule has 0 saturated carbocycles. The van der Waals surface area contributed by atoms with Crippen LogP contribution in [0.15, 0.2) is 39.0 Å². The molecule has 1 aliphatic rings. The summed E-state index contributed by atoms with van der Waals surface area (Å²) >= 11 is 3.38. The number of benzene rings is 1. The van der Waals surface area contributed by atoms with E-state index in [2.05, 4.69) is 15.4 Å². The molecule has 68 valence electrons. The molecule has 0 fully saturated rings. The summed E-state index contributed by atoms with van der Waals surface area (Å²) in [6, 6.07) is 4.04. The summed E-state index contributed by atoms with van der Waals surface area (Å²) in [4.78, 5) is 9.87. The Morgan fingerprint density at radius 2 is 2.21 bits per heavy atom. The maximum Gasteiger partial charge on any atom is 0.0825 e. The molecule has 0 amide bonds. The van der Waals surface area contributed by atoms with Crippen LogP contribution in [-0.2, 0) is 0 Å². The van der Waals surface area contributed by atoms with E-state index in [-0.39, 0.29) is 0 Å². The molecule has 1 aliphatic heterocycles. The lowest BCUT2D eigenvalue weighted by atomic mass is 10.3. The van der Waals surface area contributed by atoms with E-state index in [1.807, 2.05) is 29.9 Å². The second kappa shape index (κ2) is 3.22. The standard InChI is InChI=1S/C10H6N2S2/c1-4-11-7-2-3-8-10(14-6-12-8)9(7)13-5-1/h1-6H. The summed E-state index contributed by atoms with van der Waals surface area (Å²) in [5.74, 6) is 0. The number of aromatic nitrogens is 1. The summed E-state index contributed by atoms with van der Waals surface area (Å²) in [7, 11) is 0. The Kier molecular flexibility index (Phi) is 1.89. The average molecular weight is 218 g/mol. The van der Waals surface area contributed by atoms with Crippen LogP contribution >= 0.6 is 23.1 Å². The highest BCUT2D eigenvalue weighted by Gasteiger charge is 2.09. The van der Waals surface area contributed by atoms with E-state index in [0.29, 0.717) is 0 Å². The zero-order valence-electron chi connectivity index (χ0n) is 7.18. The average Bonchev–Trinajstić information content (AvgIpc) is 2.55. The predicted molar refractivity (Wildman–Crippen MR) is 62.8 cm³/mol. The van der Waals surface area contributed by atoms with Gasteiger partial charge >= 0.3 is 0 Å². The number of hydrogen-bond acceptors (Lipinski definition) is 4. The maximum absolute atomic E-state index is 4.36. The number of fused-ring (bicyclic) bond motifs is 3. The smallest absolute Gasteiger partial charge is 0.0825 e. The Balaban J connectivity index is 2.38. The van der Waals surface area contributed by atoms with Crippen molar-refractivity contribution < 1.29 is 0 Å². The molecule has 0 unspecified atom stereocenters. The molecule has 0 radical (unpaired) electrons. The highest BCUT2D eigenvalue weighted by molar-refractivity contribution is 8.02. The Morgan fingerprint density at radius 3 is 3.21 bits per heavy atom. The van der Waals surface area contributed by atoms with Gasteiger partial charge in [0.15, 0.2) is 0 Å². The Hall–Kier alpha value is -1.13. The fourth-order valence-corrected chi connectivity index (χ4v) is 3.13. The lowest BCUT2D eigenvalue weighted by Crippen LogP contribution is -1.73. The van der Waals surface area contributed by atoms with Gasteiger partial charge in [-0.3, -0.25) is 4.99 Å². The molecule has 3 rings (SSSR count). The van der Waals surface area contributed by atoms with Crippen molar-refractivity contribution in [1.29, 1.82) is 0 Å². The van der Waals surface area contributed by atoms with Crippen LogP contribution in [0.1, 0.15) is 0 Å². The number of rotatable bonds is 0. The second-order valence-corrected chi connectivity index (χ2v) is 4.61. The van der Waals surface area contributed by atoms with E-state index in [1.54, 1.807) is 23.1 Å². The lowest BCUT2D eigenvalue weighted by molar-refractivity contribution is 1.43. The molecule has 1 aromatic heterocycles. The van der Waals surface area contributed by atoms with Gasteiger partial charge in [-0.25, -0.2) is 4.98 Å². The van der Waals surface area contributed by atoms with Gasteiger partial charge in [-0.05, 0) is 23.6 Å². The molecule has 2 nitrogen and oxygen atoms in total. The Bertz CT molecular complexity index is 540. The van der Waals surface area contributed by atoms with Crippen LogP contribution in [0, 0.1) is 0 Å². The second-order valence-electron chi connectivity index (χ2n) is 2.84. The van der Waals surface area contributed by atoms with Crippen LogP contribution in [0.3, 0.4) is 0 Å². The van der Waals surface area contributed by atoms with Crippen LogP contribution in [0.4, 0.5) is 5.69 Å². The van der Waals surface area contributed by atoms with E-state index >= 15 is 0 Å². The molecule has 0 saturated heterocycles. The van der Waals surface area contributed by atoms with Crippen molar-refractivity contribution in [1.82, 2.24) is 4.98 Å². The van der Waals surface area contributed by atoms with Gasteiger partial charge in [-0.2, -0.15) is 0 Å². The molecule has 0 N–H and O–H groups in total. The normalized spacial score (nSPS) is 14.3. The topological polar surface area (TPSA) is 25.2 Å². The highest BCUT2D eigenvalue weighted by atomic mass is 32.2. The van der Waals surface area contributed by atoms with Crippen LogP contribution in [0.5, 0.6) is 0 Å². The fourth-order valence-electron chi connectivity index (χ4n) is 1.37. The SMILES string of the molecule is C1=CSc2c(ccc3ncsc23)N=C1. The van der Waals surface area contributed by atoms with E-state index in [4.69, 9.17) is 0 Å². The molecule has 0 aliphatic carbocycles. The van der Waals surface area contributed by atoms with Crippen LogP contribution in [0.25, 0.3) is 10.2 Å². The number of allylic oxidation sites excluding steroid dienone is 1. The van der Waals surface area contributed by atoms with Crippen LogP contribution in [-0.4, -0.2) is 11.2 Å². The highest BCUT2D eigenvalue weighted by Crippen LogP contribution is 2.39. The van der Waals surface area contributed by atoms with Gasteiger partial charge < -0.3 is 0 Å². The fraction of sp³-hybridized carbons (Fsp3) is 0. The molecule has 1 aromatic carbocycles. The third-order valence-corrected chi connectivity index (χ3v) is 3.93. The first-order chi connectivity index (χ1) is 6.95. The molecule has 0 atom stereocenters. The zero-order chi connectivity index (χ0) is 9.38. The summed E-state index contributed by atoms with van der Waals surface area (Å²) in [6.07, 6.45) is 3.78. The third kappa shape index (κ3) is 1.19. The number of aliphatic imine (C=N–C) groups is 1. The van der Waals surface area contributed by atoms with Crippen molar-refractivity contribution in [2.75, 3.05) is 0 Å². The minimum atomic E-state index is 1.04. The molecule has 14 heavy (non-hydrogen) atoms. The molecule has 2 aromatic rings. The summed E-state index contributed by atoms with van der Waals surface area (Å²) < 4.78 is 1.23. The van der Waals surface area contributed by atoms with Crippen molar-refractivity contribution in [3.05, 3.63) is 29.1 Å². The molecule has 0 spiro atoms.